The molecule has 0 saturated heterocycles. The summed E-state index contributed by atoms with van der Waals surface area (Å²) in [4.78, 5) is 28.4. The summed E-state index contributed by atoms with van der Waals surface area (Å²) in [5, 5.41) is 2.95. The minimum absolute atomic E-state index is 0.157. The van der Waals surface area contributed by atoms with Gasteiger partial charge < -0.3 is 19.7 Å². The number of carbonyl (C=O) groups is 2. The van der Waals surface area contributed by atoms with Gasteiger partial charge in [-0.05, 0) is 60.4 Å². The van der Waals surface area contributed by atoms with E-state index < -0.39 is 6.04 Å². The van der Waals surface area contributed by atoms with Crippen LogP contribution in [0.4, 0.5) is 4.39 Å². The number of carbonyl (C=O) groups excluding carboxylic acids is 2. The molecule has 3 aromatic rings. The normalized spacial score (nSPS) is 11.4. The zero-order valence-corrected chi connectivity index (χ0v) is 21.5. The van der Waals surface area contributed by atoms with Crippen LogP contribution >= 0.6 is 0 Å². The lowest BCUT2D eigenvalue weighted by Gasteiger charge is -2.31. The number of benzene rings is 3. The number of methoxy groups -OCH3 is 1. The first-order valence-electron chi connectivity index (χ1n) is 12.6. The Balaban J connectivity index is 1.74. The molecule has 0 aliphatic rings. The lowest BCUT2D eigenvalue weighted by atomic mass is 10.0. The highest BCUT2D eigenvalue weighted by Crippen LogP contribution is 2.19. The average Bonchev–Trinajstić information content (AvgIpc) is 2.93. The lowest BCUT2D eigenvalue weighted by molar-refractivity contribution is -0.141. The molecule has 0 bridgehead atoms. The van der Waals surface area contributed by atoms with Gasteiger partial charge in [-0.15, -0.1) is 0 Å². The third kappa shape index (κ3) is 8.94. The molecule has 0 fully saturated rings. The van der Waals surface area contributed by atoms with E-state index in [1.54, 1.807) is 24.1 Å². The van der Waals surface area contributed by atoms with Crippen LogP contribution in [0.15, 0.2) is 78.9 Å². The highest BCUT2D eigenvalue weighted by molar-refractivity contribution is 5.88. The molecular formula is C30H35FN2O4. The van der Waals surface area contributed by atoms with Crippen molar-refractivity contribution in [3.8, 4) is 11.5 Å². The zero-order valence-electron chi connectivity index (χ0n) is 21.5. The van der Waals surface area contributed by atoms with E-state index in [0.29, 0.717) is 31.7 Å². The molecule has 0 saturated carbocycles. The first-order chi connectivity index (χ1) is 18.0. The number of nitrogens with zero attached hydrogens (tertiary/aromatic N) is 1. The molecule has 0 heterocycles. The van der Waals surface area contributed by atoms with E-state index >= 15 is 0 Å². The number of hydrogen-bond donors (Lipinski definition) is 1. The minimum Gasteiger partial charge on any atom is -0.497 e. The zero-order chi connectivity index (χ0) is 26.5. The predicted molar refractivity (Wildman–Crippen MR) is 142 cm³/mol. The molecule has 0 aromatic heterocycles. The van der Waals surface area contributed by atoms with Crippen molar-refractivity contribution in [3.05, 3.63) is 95.8 Å². The summed E-state index contributed by atoms with van der Waals surface area (Å²) >= 11 is 0. The second-order valence-corrected chi connectivity index (χ2v) is 8.77. The van der Waals surface area contributed by atoms with E-state index in [2.05, 4.69) is 5.32 Å². The Bertz CT molecular complexity index is 1100. The number of hydrogen-bond acceptors (Lipinski definition) is 4. The quantitative estimate of drug-likeness (QED) is 0.307. The van der Waals surface area contributed by atoms with Crippen molar-refractivity contribution < 1.29 is 23.5 Å². The van der Waals surface area contributed by atoms with E-state index in [9.17, 15) is 14.0 Å². The van der Waals surface area contributed by atoms with Gasteiger partial charge in [0.2, 0.25) is 11.8 Å². The molecule has 7 heteroatoms. The third-order valence-corrected chi connectivity index (χ3v) is 5.95. The summed E-state index contributed by atoms with van der Waals surface area (Å²) in [5.74, 6) is 0.729. The van der Waals surface area contributed by atoms with Gasteiger partial charge in [0, 0.05) is 25.9 Å². The van der Waals surface area contributed by atoms with Crippen LogP contribution in [0.25, 0.3) is 0 Å². The molecule has 0 aliphatic heterocycles. The molecule has 0 aliphatic carbocycles. The largest absolute Gasteiger partial charge is 0.497 e. The molecule has 0 unspecified atom stereocenters. The van der Waals surface area contributed by atoms with Crippen LogP contribution in [0.3, 0.4) is 0 Å². The van der Waals surface area contributed by atoms with Crippen LogP contribution in [0.5, 0.6) is 11.5 Å². The van der Waals surface area contributed by atoms with Crippen LogP contribution in [-0.2, 0) is 22.6 Å². The maximum Gasteiger partial charge on any atom is 0.243 e. The van der Waals surface area contributed by atoms with Gasteiger partial charge in [-0.2, -0.15) is 0 Å². The fraction of sp³-hybridized carbons (Fsp3) is 0.333. The Morgan fingerprint density at radius 3 is 2.24 bits per heavy atom. The van der Waals surface area contributed by atoms with Crippen molar-refractivity contribution >= 4 is 11.8 Å². The van der Waals surface area contributed by atoms with Gasteiger partial charge in [-0.25, -0.2) is 4.39 Å². The monoisotopic (exact) mass is 506 g/mol. The van der Waals surface area contributed by atoms with Crippen molar-refractivity contribution in [1.82, 2.24) is 10.2 Å². The highest BCUT2D eigenvalue weighted by Gasteiger charge is 2.30. The summed E-state index contributed by atoms with van der Waals surface area (Å²) in [7, 11) is 1.60. The van der Waals surface area contributed by atoms with Gasteiger partial charge in [0.05, 0.1) is 13.7 Å². The number of rotatable bonds is 14. The van der Waals surface area contributed by atoms with Gasteiger partial charge in [-0.3, -0.25) is 9.59 Å². The van der Waals surface area contributed by atoms with E-state index in [0.717, 1.165) is 23.3 Å². The maximum absolute atomic E-state index is 13.5. The van der Waals surface area contributed by atoms with E-state index in [1.165, 1.54) is 12.1 Å². The molecule has 2 amide bonds. The van der Waals surface area contributed by atoms with Crippen LogP contribution in [0.2, 0.25) is 0 Å². The highest BCUT2D eigenvalue weighted by atomic mass is 19.1. The van der Waals surface area contributed by atoms with Crippen molar-refractivity contribution in [3.63, 3.8) is 0 Å². The van der Waals surface area contributed by atoms with E-state index in [-0.39, 0.29) is 30.6 Å². The number of nitrogens with one attached hydrogen (secondary N) is 1. The third-order valence-electron chi connectivity index (χ3n) is 5.95. The Kier molecular flexibility index (Phi) is 11.0. The van der Waals surface area contributed by atoms with Crippen molar-refractivity contribution in [2.45, 2.75) is 45.2 Å². The van der Waals surface area contributed by atoms with Crippen molar-refractivity contribution in [2.75, 3.05) is 20.3 Å². The van der Waals surface area contributed by atoms with Crippen molar-refractivity contribution in [1.29, 1.82) is 0 Å². The first kappa shape index (κ1) is 27.7. The average molecular weight is 507 g/mol. The Morgan fingerprint density at radius 2 is 1.59 bits per heavy atom. The fourth-order valence-electron chi connectivity index (χ4n) is 3.94. The number of halogens is 1. The molecule has 3 aromatic carbocycles. The second kappa shape index (κ2) is 14.6. The van der Waals surface area contributed by atoms with Crippen LogP contribution < -0.4 is 14.8 Å². The molecule has 37 heavy (non-hydrogen) atoms. The van der Waals surface area contributed by atoms with Crippen LogP contribution in [0.1, 0.15) is 37.3 Å². The SMILES string of the molecule is CCCNC(=O)[C@H](Cc1ccccc1)N(Cc1ccc(F)cc1)C(=O)CCCOc1ccc(OC)cc1. The Labute approximate surface area is 218 Å². The summed E-state index contributed by atoms with van der Waals surface area (Å²) in [6.07, 6.45) is 1.87. The van der Waals surface area contributed by atoms with Gasteiger partial charge in [0.1, 0.15) is 23.4 Å². The molecular weight excluding hydrogens is 471 g/mol. The van der Waals surface area contributed by atoms with E-state index in [1.807, 2.05) is 61.5 Å². The summed E-state index contributed by atoms with van der Waals surface area (Å²) in [5.41, 5.74) is 1.71. The molecule has 1 N–H and O–H groups in total. The van der Waals surface area contributed by atoms with Gasteiger partial charge in [0.15, 0.2) is 0 Å². The number of ether oxygens (including phenoxy) is 2. The number of amides is 2. The van der Waals surface area contributed by atoms with E-state index in [4.69, 9.17) is 9.47 Å². The molecule has 1 atom stereocenters. The predicted octanol–water partition coefficient (Wildman–Crippen LogP) is 5.16. The molecule has 6 nitrogen and oxygen atoms in total. The summed E-state index contributed by atoms with van der Waals surface area (Å²) in [6.45, 7) is 3.07. The van der Waals surface area contributed by atoms with Crippen LogP contribution in [0, 0.1) is 5.82 Å². The fourth-order valence-corrected chi connectivity index (χ4v) is 3.94. The van der Waals surface area contributed by atoms with Crippen LogP contribution in [-0.4, -0.2) is 43.0 Å². The Morgan fingerprint density at radius 1 is 0.919 bits per heavy atom. The first-order valence-corrected chi connectivity index (χ1v) is 12.6. The van der Waals surface area contributed by atoms with Gasteiger partial charge in [-0.1, -0.05) is 49.4 Å². The lowest BCUT2D eigenvalue weighted by Crippen LogP contribution is -2.50. The van der Waals surface area contributed by atoms with Crippen molar-refractivity contribution in [2.24, 2.45) is 0 Å². The molecule has 0 radical (unpaired) electrons. The summed E-state index contributed by atoms with van der Waals surface area (Å²) in [6, 6.07) is 22.2. The second-order valence-electron chi connectivity index (χ2n) is 8.77. The molecule has 0 spiro atoms. The summed E-state index contributed by atoms with van der Waals surface area (Å²) < 4.78 is 24.5. The van der Waals surface area contributed by atoms with Gasteiger partial charge >= 0.3 is 0 Å². The smallest absolute Gasteiger partial charge is 0.243 e. The van der Waals surface area contributed by atoms with Gasteiger partial charge in [0.25, 0.3) is 0 Å². The minimum atomic E-state index is -0.700. The topological polar surface area (TPSA) is 67.9 Å². The molecule has 196 valence electrons. The maximum atomic E-state index is 13.5. The Hall–Kier alpha value is -3.87. The standard InChI is InChI=1S/C30H35FN2O4/c1-3-19-32-30(35)28(21-23-8-5-4-6-9-23)33(22-24-11-13-25(31)14-12-24)29(34)10-7-20-37-27-17-15-26(36-2)16-18-27/h4-6,8-9,11-18,28H,3,7,10,19-22H2,1-2H3,(H,32,35)/t28-/m0/s1. The molecule has 3 rings (SSSR count).